The summed E-state index contributed by atoms with van der Waals surface area (Å²) in [5, 5.41) is 3.33. The molecule has 0 aliphatic carbocycles. The fourth-order valence-corrected chi connectivity index (χ4v) is 3.56. The lowest BCUT2D eigenvalue weighted by atomic mass is 9.95. The van der Waals surface area contributed by atoms with E-state index in [9.17, 15) is 4.79 Å². The molecule has 4 heteroatoms. The van der Waals surface area contributed by atoms with Gasteiger partial charge in [-0.15, -0.1) is 0 Å². The molecular weight excluding hydrogens is 264 g/mol. The van der Waals surface area contributed by atoms with Crippen LogP contribution in [0.1, 0.15) is 31.4 Å². The van der Waals surface area contributed by atoms with Crippen molar-refractivity contribution in [1.82, 2.24) is 10.2 Å². The SMILES string of the molecule is COc1ccc(C2CCCN2C(=O)[C@@H]2CNC[C@H]2C)cc1. The lowest BCUT2D eigenvalue weighted by Gasteiger charge is -2.29. The molecule has 4 nitrogen and oxygen atoms in total. The molecule has 2 heterocycles. The van der Waals surface area contributed by atoms with Crippen molar-refractivity contribution in [1.29, 1.82) is 0 Å². The van der Waals surface area contributed by atoms with Gasteiger partial charge in [0.05, 0.1) is 19.1 Å². The highest BCUT2D eigenvalue weighted by Crippen LogP contribution is 2.35. The number of nitrogens with one attached hydrogen (secondary N) is 1. The maximum Gasteiger partial charge on any atom is 0.227 e. The maximum absolute atomic E-state index is 12.8. The number of amides is 1. The smallest absolute Gasteiger partial charge is 0.227 e. The van der Waals surface area contributed by atoms with Crippen LogP contribution in [0.4, 0.5) is 0 Å². The Kier molecular flexibility index (Phi) is 4.15. The van der Waals surface area contributed by atoms with E-state index in [0.29, 0.717) is 11.8 Å². The van der Waals surface area contributed by atoms with Gasteiger partial charge < -0.3 is 15.0 Å². The van der Waals surface area contributed by atoms with Gasteiger partial charge in [-0.25, -0.2) is 0 Å². The molecule has 0 bridgehead atoms. The summed E-state index contributed by atoms with van der Waals surface area (Å²) in [5.74, 6) is 1.77. The Balaban J connectivity index is 1.76. The van der Waals surface area contributed by atoms with Gasteiger partial charge in [0.25, 0.3) is 0 Å². The molecule has 0 spiro atoms. The number of ether oxygens (including phenoxy) is 1. The van der Waals surface area contributed by atoms with E-state index in [2.05, 4.69) is 29.3 Å². The number of nitrogens with zero attached hydrogens (tertiary/aromatic N) is 1. The summed E-state index contributed by atoms with van der Waals surface area (Å²) in [6.07, 6.45) is 2.16. The molecule has 2 saturated heterocycles. The van der Waals surface area contributed by atoms with E-state index in [-0.39, 0.29) is 12.0 Å². The maximum atomic E-state index is 12.8. The molecule has 21 heavy (non-hydrogen) atoms. The van der Waals surface area contributed by atoms with E-state index >= 15 is 0 Å². The van der Waals surface area contributed by atoms with Crippen molar-refractivity contribution < 1.29 is 9.53 Å². The Morgan fingerprint density at radius 1 is 1.29 bits per heavy atom. The third kappa shape index (κ3) is 2.77. The van der Waals surface area contributed by atoms with Crippen LogP contribution in [0, 0.1) is 11.8 Å². The third-order valence-electron chi connectivity index (χ3n) is 4.87. The predicted octanol–water partition coefficient (Wildman–Crippen LogP) is 2.21. The van der Waals surface area contributed by atoms with Crippen molar-refractivity contribution in [2.45, 2.75) is 25.8 Å². The highest BCUT2D eigenvalue weighted by atomic mass is 16.5. The van der Waals surface area contributed by atoms with Crippen molar-refractivity contribution in [2.75, 3.05) is 26.7 Å². The quantitative estimate of drug-likeness (QED) is 0.927. The summed E-state index contributed by atoms with van der Waals surface area (Å²) >= 11 is 0. The van der Waals surface area contributed by atoms with Crippen LogP contribution in [0.15, 0.2) is 24.3 Å². The Hall–Kier alpha value is -1.55. The minimum absolute atomic E-state index is 0.142. The van der Waals surface area contributed by atoms with Gasteiger partial charge in [-0.1, -0.05) is 19.1 Å². The molecular formula is C17H24N2O2. The van der Waals surface area contributed by atoms with E-state index in [1.165, 1.54) is 5.56 Å². The first kappa shape index (κ1) is 14.4. The largest absolute Gasteiger partial charge is 0.497 e. The molecule has 3 rings (SSSR count). The zero-order valence-corrected chi connectivity index (χ0v) is 12.8. The lowest BCUT2D eigenvalue weighted by molar-refractivity contribution is -0.136. The molecule has 1 unspecified atom stereocenters. The zero-order chi connectivity index (χ0) is 14.8. The van der Waals surface area contributed by atoms with E-state index in [0.717, 1.165) is 38.2 Å². The van der Waals surface area contributed by atoms with E-state index in [1.54, 1.807) is 7.11 Å². The average Bonchev–Trinajstić information content (AvgIpc) is 3.15. The van der Waals surface area contributed by atoms with Crippen molar-refractivity contribution in [3.63, 3.8) is 0 Å². The summed E-state index contributed by atoms with van der Waals surface area (Å²) in [6.45, 7) is 4.84. The first-order valence-corrected chi connectivity index (χ1v) is 7.86. The fourth-order valence-electron chi connectivity index (χ4n) is 3.56. The van der Waals surface area contributed by atoms with E-state index < -0.39 is 0 Å². The van der Waals surface area contributed by atoms with Crippen LogP contribution in [-0.2, 0) is 4.79 Å². The first-order chi connectivity index (χ1) is 10.2. The molecule has 2 aliphatic rings. The van der Waals surface area contributed by atoms with Crippen LogP contribution in [-0.4, -0.2) is 37.6 Å². The predicted molar refractivity (Wildman–Crippen MR) is 82.2 cm³/mol. The Morgan fingerprint density at radius 2 is 2.05 bits per heavy atom. The van der Waals surface area contributed by atoms with Gasteiger partial charge in [0.2, 0.25) is 5.91 Å². The van der Waals surface area contributed by atoms with Crippen molar-refractivity contribution >= 4 is 5.91 Å². The van der Waals surface area contributed by atoms with Crippen molar-refractivity contribution in [3.05, 3.63) is 29.8 Å². The summed E-state index contributed by atoms with van der Waals surface area (Å²) in [7, 11) is 1.68. The van der Waals surface area contributed by atoms with Crippen molar-refractivity contribution in [3.8, 4) is 5.75 Å². The molecule has 1 amide bonds. The Bertz CT molecular complexity index is 500. The normalized spacial score (nSPS) is 28.9. The second-order valence-corrected chi connectivity index (χ2v) is 6.20. The van der Waals surface area contributed by atoms with Gasteiger partial charge in [0.15, 0.2) is 0 Å². The molecule has 0 radical (unpaired) electrons. The van der Waals surface area contributed by atoms with Gasteiger partial charge >= 0.3 is 0 Å². The Labute approximate surface area is 126 Å². The number of carbonyl (C=O) groups excluding carboxylic acids is 1. The van der Waals surface area contributed by atoms with Crippen molar-refractivity contribution in [2.24, 2.45) is 11.8 Å². The number of methoxy groups -OCH3 is 1. The van der Waals surface area contributed by atoms with Gasteiger partial charge in [0.1, 0.15) is 5.75 Å². The number of benzene rings is 1. The highest BCUT2D eigenvalue weighted by Gasteiger charge is 2.37. The van der Waals surface area contributed by atoms with E-state index in [4.69, 9.17) is 4.74 Å². The van der Waals surface area contributed by atoms with Crippen LogP contribution in [0.3, 0.4) is 0 Å². The molecule has 2 aliphatic heterocycles. The summed E-state index contributed by atoms with van der Waals surface area (Å²) in [4.78, 5) is 14.9. The van der Waals surface area contributed by atoms with Crippen LogP contribution >= 0.6 is 0 Å². The van der Waals surface area contributed by atoms with Gasteiger partial charge in [-0.05, 0) is 43.0 Å². The molecule has 114 valence electrons. The lowest BCUT2D eigenvalue weighted by Crippen LogP contribution is -2.38. The number of hydrogen-bond donors (Lipinski definition) is 1. The summed E-state index contributed by atoms with van der Waals surface area (Å²) in [6, 6.07) is 8.37. The average molecular weight is 288 g/mol. The topological polar surface area (TPSA) is 41.6 Å². The first-order valence-electron chi connectivity index (χ1n) is 7.86. The van der Waals surface area contributed by atoms with E-state index in [1.807, 2.05) is 12.1 Å². The van der Waals surface area contributed by atoms with Crippen LogP contribution in [0.5, 0.6) is 5.75 Å². The van der Waals surface area contributed by atoms with Gasteiger partial charge in [-0.2, -0.15) is 0 Å². The molecule has 1 aromatic rings. The Morgan fingerprint density at radius 3 is 2.67 bits per heavy atom. The number of hydrogen-bond acceptors (Lipinski definition) is 3. The molecule has 1 aromatic carbocycles. The van der Waals surface area contributed by atoms with Crippen LogP contribution in [0.2, 0.25) is 0 Å². The highest BCUT2D eigenvalue weighted by molar-refractivity contribution is 5.80. The van der Waals surface area contributed by atoms with Gasteiger partial charge in [0, 0.05) is 13.1 Å². The van der Waals surface area contributed by atoms with Crippen LogP contribution < -0.4 is 10.1 Å². The second kappa shape index (κ2) is 6.06. The second-order valence-electron chi connectivity index (χ2n) is 6.20. The third-order valence-corrected chi connectivity index (χ3v) is 4.87. The van der Waals surface area contributed by atoms with Crippen LogP contribution in [0.25, 0.3) is 0 Å². The molecule has 2 fully saturated rings. The zero-order valence-electron chi connectivity index (χ0n) is 12.8. The fraction of sp³-hybridized carbons (Fsp3) is 0.588. The summed E-state index contributed by atoms with van der Waals surface area (Å²) < 4.78 is 5.21. The summed E-state index contributed by atoms with van der Waals surface area (Å²) in [5.41, 5.74) is 1.22. The standard InChI is InChI=1S/C17H24N2O2/c1-12-10-18-11-15(12)17(20)19-9-3-4-16(19)13-5-7-14(21-2)8-6-13/h5-8,12,15-16,18H,3-4,9-11H2,1-2H3/t12-,15-,16?/m1/s1. The minimum atomic E-state index is 0.142. The molecule has 3 atom stereocenters. The monoisotopic (exact) mass is 288 g/mol. The molecule has 0 saturated carbocycles. The van der Waals surface area contributed by atoms with Gasteiger partial charge in [-0.3, -0.25) is 4.79 Å². The number of likely N-dealkylation sites (tertiary alicyclic amines) is 1. The minimum Gasteiger partial charge on any atom is -0.497 e. The molecule has 0 aromatic heterocycles. The number of rotatable bonds is 3. The number of carbonyl (C=O) groups is 1. The molecule has 1 N–H and O–H groups in total.